The maximum absolute atomic E-state index is 13.5. The molecule has 8 nitrogen and oxygen atoms in total. The van der Waals surface area contributed by atoms with Crippen molar-refractivity contribution in [2.75, 3.05) is 25.7 Å². The molecule has 174 valence electrons. The molecule has 1 fully saturated rings. The van der Waals surface area contributed by atoms with Crippen LogP contribution in [0.1, 0.15) is 22.5 Å². The van der Waals surface area contributed by atoms with Crippen LogP contribution in [-0.4, -0.2) is 51.0 Å². The molecule has 1 amide bonds. The zero-order valence-corrected chi connectivity index (χ0v) is 19.6. The summed E-state index contributed by atoms with van der Waals surface area (Å²) in [6.45, 7) is 0.0989. The molecule has 0 spiro atoms. The second-order valence-electron chi connectivity index (χ2n) is 7.79. The van der Waals surface area contributed by atoms with Gasteiger partial charge in [-0.05, 0) is 42.3 Å². The fraction of sp³-hybridized carbons (Fsp3) is 0.304. The van der Waals surface area contributed by atoms with Gasteiger partial charge in [0.2, 0.25) is 0 Å². The molecular weight excluding hydrogens is 470 g/mol. The van der Waals surface area contributed by atoms with Crippen molar-refractivity contribution >= 4 is 38.3 Å². The first-order valence-electron chi connectivity index (χ1n) is 10.2. The van der Waals surface area contributed by atoms with Crippen LogP contribution in [0, 0.1) is 0 Å². The topological polar surface area (TPSA) is 103 Å². The normalized spacial score (nSPS) is 17.1. The highest BCUT2D eigenvalue weighted by Crippen LogP contribution is 2.30. The highest BCUT2D eigenvalue weighted by atomic mass is 35.5. The molecular formula is C23H22ClNO7S. The predicted octanol–water partition coefficient (Wildman–Crippen LogP) is 3.29. The van der Waals surface area contributed by atoms with Crippen molar-refractivity contribution in [2.45, 2.75) is 19.0 Å². The first-order valence-corrected chi connectivity index (χ1v) is 12.4. The maximum atomic E-state index is 13.5. The van der Waals surface area contributed by atoms with Gasteiger partial charge in [-0.25, -0.2) is 8.42 Å². The second kappa shape index (κ2) is 9.07. The Morgan fingerprint density at radius 1 is 1.12 bits per heavy atom. The molecule has 1 saturated heterocycles. The van der Waals surface area contributed by atoms with Gasteiger partial charge >= 0.3 is 0 Å². The van der Waals surface area contributed by atoms with Crippen LogP contribution in [-0.2, 0) is 16.4 Å². The molecule has 2 aromatic carbocycles. The zero-order valence-electron chi connectivity index (χ0n) is 18.0. The molecule has 3 aromatic rings. The van der Waals surface area contributed by atoms with Crippen LogP contribution in [0.5, 0.6) is 11.5 Å². The van der Waals surface area contributed by atoms with E-state index < -0.39 is 27.2 Å². The average Bonchev–Trinajstić information content (AvgIpc) is 3.16. The van der Waals surface area contributed by atoms with Gasteiger partial charge in [-0.3, -0.25) is 9.59 Å². The Morgan fingerprint density at radius 2 is 1.88 bits per heavy atom. The van der Waals surface area contributed by atoms with Crippen LogP contribution in [0.4, 0.5) is 0 Å². The highest BCUT2D eigenvalue weighted by molar-refractivity contribution is 7.91. The number of halogens is 1. The summed E-state index contributed by atoms with van der Waals surface area (Å²) in [7, 11) is -0.242. The van der Waals surface area contributed by atoms with Crippen LogP contribution in [0.25, 0.3) is 11.0 Å². The predicted molar refractivity (Wildman–Crippen MR) is 124 cm³/mol. The number of rotatable bonds is 6. The molecule has 0 saturated carbocycles. The van der Waals surface area contributed by atoms with E-state index in [-0.39, 0.29) is 34.8 Å². The van der Waals surface area contributed by atoms with E-state index in [1.54, 1.807) is 24.3 Å². The second-order valence-corrected chi connectivity index (χ2v) is 10.5. The van der Waals surface area contributed by atoms with Crippen LogP contribution in [0.3, 0.4) is 0 Å². The van der Waals surface area contributed by atoms with Gasteiger partial charge in [0.15, 0.2) is 32.5 Å². The minimum Gasteiger partial charge on any atom is -0.493 e. The van der Waals surface area contributed by atoms with Gasteiger partial charge in [0.1, 0.15) is 5.58 Å². The number of carbonyl (C=O) groups excluding carboxylic acids is 1. The quantitative estimate of drug-likeness (QED) is 0.521. The fourth-order valence-electron chi connectivity index (χ4n) is 3.94. The van der Waals surface area contributed by atoms with Gasteiger partial charge in [0.25, 0.3) is 5.91 Å². The van der Waals surface area contributed by atoms with Gasteiger partial charge < -0.3 is 18.8 Å². The number of carbonyl (C=O) groups is 1. The fourth-order valence-corrected chi connectivity index (χ4v) is 5.84. The lowest BCUT2D eigenvalue weighted by Gasteiger charge is -2.28. The lowest BCUT2D eigenvalue weighted by Crippen LogP contribution is -2.40. The summed E-state index contributed by atoms with van der Waals surface area (Å²) in [5.74, 6) is 0.116. The Bertz CT molecular complexity index is 1380. The SMILES string of the molecule is COc1ccc(CN(C(=O)c2cc(=O)c3cc(Cl)ccc3o2)C2CCS(=O)(=O)C2)cc1OC. The summed E-state index contributed by atoms with van der Waals surface area (Å²) >= 11 is 5.96. The summed E-state index contributed by atoms with van der Waals surface area (Å²) < 4.78 is 40.6. The Kier molecular flexibility index (Phi) is 6.36. The van der Waals surface area contributed by atoms with Crippen LogP contribution >= 0.6 is 11.6 Å². The first-order chi connectivity index (χ1) is 15.7. The monoisotopic (exact) mass is 491 g/mol. The van der Waals surface area contributed by atoms with E-state index in [0.29, 0.717) is 28.5 Å². The third-order valence-electron chi connectivity index (χ3n) is 5.61. The van der Waals surface area contributed by atoms with Gasteiger partial charge in [0.05, 0.1) is 31.1 Å². The van der Waals surface area contributed by atoms with Gasteiger partial charge in [0, 0.05) is 23.7 Å². The Labute approximate surface area is 195 Å². The first kappa shape index (κ1) is 23.1. The summed E-state index contributed by atoms with van der Waals surface area (Å²) in [4.78, 5) is 27.5. The molecule has 1 aliphatic rings. The molecule has 1 aliphatic heterocycles. The molecule has 4 rings (SSSR count). The van der Waals surface area contributed by atoms with Gasteiger partial charge in [-0.2, -0.15) is 0 Å². The zero-order chi connectivity index (χ0) is 23.8. The lowest BCUT2D eigenvalue weighted by atomic mass is 10.1. The van der Waals surface area contributed by atoms with Crippen LogP contribution in [0.15, 0.2) is 51.7 Å². The number of nitrogens with zero attached hydrogens (tertiary/aromatic N) is 1. The Hall–Kier alpha value is -3.04. The summed E-state index contributed by atoms with van der Waals surface area (Å²) in [6.07, 6.45) is 0.300. The molecule has 1 aromatic heterocycles. The number of hydrogen-bond acceptors (Lipinski definition) is 7. The smallest absolute Gasteiger partial charge is 0.290 e. The van der Waals surface area contributed by atoms with Crippen molar-refractivity contribution in [1.82, 2.24) is 4.90 Å². The van der Waals surface area contributed by atoms with E-state index in [1.165, 1.54) is 31.3 Å². The van der Waals surface area contributed by atoms with Crippen molar-refractivity contribution in [1.29, 1.82) is 0 Å². The minimum absolute atomic E-state index is 0.00640. The molecule has 10 heteroatoms. The van der Waals surface area contributed by atoms with E-state index in [4.69, 9.17) is 25.5 Å². The molecule has 2 heterocycles. The molecule has 0 N–H and O–H groups in total. The summed E-state index contributed by atoms with van der Waals surface area (Å²) in [6, 6.07) is 10.3. The van der Waals surface area contributed by atoms with E-state index in [0.717, 1.165) is 6.07 Å². The van der Waals surface area contributed by atoms with E-state index in [1.807, 2.05) is 0 Å². The number of sulfone groups is 1. The van der Waals surface area contributed by atoms with Crippen LogP contribution in [0.2, 0.25) is 5.02 Å². The molecule has 1 atom stereocenters. The lowest BCUT2D eigenvalue weighted by molar-refractivity contribution is 0.0648. The number of hydrogen-bond donors (Lipinski definition) is 0. The van der Waals surface area contributed by atoms with E-state index in [9.17, 15) is 18.0 Å². The average molecular weight is 492 g/mol. The molecule has 33 heavy (non-hydrogen) atoms. The standard InChI is InChI=1S/C23H22ClNO7S/c1-30-20-5-3-14(9-21(20)31-2)12-25(16-7-8-33(28,29)13-16)23(27)22-11-18(26)17-10-15(24)4-6-19(17)32-22/h3-6,9-11,16H,7-8,12-13H2,1-2H3. The number of amides is 1. The third kappa shape index (κ3) is 4.84. The van der Waals surface area contributed by atoms with Crippen molar-refractivity contribution in [3.63, 3.8) is 0 Å². The maximum Gasteiger partial charge on any atom is 0.290 e. The molecule has 1 unspecified atom stereocenters. The summed E-state index contributed by atoms with van der Waals surface area (Å²) in [5.41, 5.74) is 0.521. The molecule has 0 radical (unpaired) electrons. The minimum atomic E-state index is -3.27. The van der Waals surface area contributed by atoms with Crippen molar-refractivity contribution in [3.8, 4) is 11.5 Å². The molecule has 0 aliphatic carbocycles. The Balaban J connectivity index is 1.74. The van der Waals surface area contributed by atoms with E-state index in [2.05, 4.69) is 0 Å². The van der Waals surface area contributed by atoms with Crippen molar-refractivity contribution < 1.29 is 27.1 Å². The molecule has 0 bridgehead atoms. The summed E-state index contributed by atoms with van der Waals surface area (Å²) in [5, 5.41) is 0.633. The number of fused-ring (bicyclic) bond motifs is 1. The van der Waals surface area contributed by atoms with E-state index >= 15 is 0 Å². The van der Waals surface area contributed by atoms with Gasteiger partial charge in [-0.1, -0.05) is 17.7 Å². The van der Waals surface area contributed by atoms with Gasteiger partial charge in [-0.15, -0.1) is 0 Å². The number of benzene rings is 2. The highest BCUT2D eigenvalue weighted by Gasteiger charge is 2.36. The van der Waals surface area contributed by atoms with Crippen molar-refractivity contribution in [2.24, 2.45) is 0 Å². The largest absolute Gasteiger partial charge is 0.493 e. The number of ether oxygens (including phenoxy) is 2. The third-order valence-corrected chi connectivity index (χ3v) is 7.60. The Morgan fingerprint density at radius 3 is 2.55 bits per heavy atom. The number of methoxy groups -OCH3 is 2. The van der Waals surface area contributed by atoms with Crippen LogP contribution < -0.4 is 14.9 Å². The van der Waals surface area contributed by atoms with Crippen molar-refractivity contribution in [3.05, 3.63) is 69.0 Å².